The van der Waals surface area contributed by atoms with E-state index in [1.54, 1.807) is 6.26 Å². The van der Waals surface area contributed by atoms with Gasteiger partial charge in [0.25, 0.3) is 0 Å². The second kappa shape index (κ2) is 7.75. The molecule has 0 aliphatic rings. The van der Waals surface area contributed by atoms with Crippen molar-refractivity contribution in [1.29, 1.82) is 0 Å². The van der Waals surface area contributed by atoms with Gasteiger partial charge in [-0.05, 0) is 39.3 Å². The van der Waals surface area contributed by atoms with Gasteiger partial charge in [-0.25, -0.2) is 4.79 Å². The number of rotatable bonds is 6. The molecule has 5 nitrogen and oxygen atoms in total. The molecule has 0 saturated heterocycles. The van der Waals surface area contributed by atoms with Crippen LogP contribution in [-0.4, -0.2) is 24.8 Å². The molecule has 2 N–H and O–H groups in total. The Hall–Kier alpha value is -1.75. The fourth-order valence-electron chi connectivity index (χ4n) is 1.48. The first kappa shape index (κ1) is 16.3. The van der Waals surface area contributed by atoms with Crippen LogP contribution in [0.2, 0.25) is 0 Å². The van der Waals surface area contributed by atoms with E-state index in [0.29, 0.717) is 13.1 Å². The number of ether oxygens (including phenoxy) is 1. The summed E-state index contributed by atoms with van der Waals surface area (Å²) in [5.74, 6) is 0.949. The molecule has 1 amide bonds. The number of nitrogens with one attached hydrogen (secondary N) is 2. The lowest BCUT2D eigenvalue weighted by atomic mass is 10.2. The first-order valence-electron chi connectivity index (χ1n) is 6.74. The quantitative estimate of drug-likeness (QED) is 0.621. The largest absolute Gasteiger partial charge is 0.468 e. The van der Waals surface area contributed by atoms with E-state index in [0.717, 1.165) is 17.9 Å². The molecule has 0 unspecified atom stereocenters. The number of aryl methyl sites for hydroxylation is 1. The zero-order valence-electron chi connectivity index (χ0n) is 12.7. The van der Waals surface area contributed by atoms with Crippen LogP contribution in [0.5, 0.6) is 0 Å². The van der Waals surface area contributed by atoms with Gasteiger partial charge in [0.2, 0.25) is 0 Å². The second-order valence-corrected chi connectivity index (χ2v) is 5.51. The summed E-state index contributed by atoms with van der Waals surface area (Å²) >= 11 is 0. The normalized spacial score (nSPS) is 11.8. The lowest BCUT2D eigenvalue weighted by Crippen LogP contribution is -2.32. The van der Waals surface area contributed by atoms with Crippen LogP contribution >= 0.6 is 0 Å². The van der Waals surface area contributed by atoms with E-state index >= 15 is 0 Å². The Kier molecular flexibility index (Phi) is 6.31. The molecule has 20 heavy (non-hydrogen) atoms. The van der Waals surface area contributed by atoms with Crippen molar-refractivity contribution in [1.82, 2.24) is 10.6 Å². The van der Waals surface area contributed by atoms with Gasteiger partial charge < -0.3 is 19.8 Å². The molecule has 0 aliphatic heterocycles. The summed E-state index contributed by atoms with van der Waals surface area (Å²) in [7, 11) is 0. The summed E-state index contributed by atoms with van der Waals surface area (Å²) in [6, 6.07) is 1.94. The molecule has 0 spiro atoms. The fourth-order valence-corrected chi connectivity index (χ4v) is 1.48. The number of carbonyl (C=O) groups is 1. The highest BCUT2D eigenvalue weighted by atomic mass is 16.6. The van der Waals surface area contributed by atoms with Gasteiger partial charge >= 0.3 is 6.09 Å². The molecule has 0 bridgehead atoms. The third-order valence-electron chi connectivity index (χ3n) is 2.45. The summed E-state index contributed by atoms with van der Waals surface area (Å²) < 4.78 is 10.4. The fraction of sp³-hybridized carbons (Fsp3) is 0.533. The van der Waals surface area contributed by atoms with Gasteiger partial charge in [-0.2, -0.15) is 0 Å². The molecule has 0 radical (unpaired) electrons. The number of carbonyl (C=O) groups excluding carboxylic acids is 1. The predicted molar refractivity (Wildman–Crippen MR) is 78.5 cm³/mol. The van der Waals surface area contributed by atoms with Crippen LogP contribution in [-0.2, 0) is 11.3 Å². The van der Waals surface area contributed by atoms with Crippen LogP contribution in [0, 0.1) is 6.92 Å². The van der Waals surface area contributed by atoms with Crippen molar-refractivity contribution in [2.75, 3.05) is 13.1 Å². The smallest absolute Gasteiger partial charge is 0.407 e. The van der Waals surface area contributed by atoms with Gasteiger partial charge in [-0.3, -0.25) is 0 Å². The molecule has 112 valence electrons. The highest BCUT2D eigenvalue weighted by Crippen LogP contribution is 2.07. The minimum absolute atomic E-state index is 0.402. The summed E-state index contributed by atoms with van der Waals surface area (Å²) in [5.41, 5.74) is 0.684. The SMILES string of the molecule is Cc1ccoc1CNC/C=C/CNC(=O)OC(C)(C)C. The Balaban J connectivity index is 2.08. The van der Waals surface area contributed by atoms with Crippen molar-refractivity contribution in [2.45, 2.75) is 39.8 Å². The minimum atomic E-state index is -0.462. The van der Waals surface area contributed by atoms with Crippen molar-refractivity contribution in [2.24, 2.45) is 0 Å². The number of amides is 1. The number of furan rings is 1. The van der Waals surface area contributed by atoms with Crippen LogP contribution in [0.1, 0.15) is 32.1 Å². The van der Waals surface area contributed by atoms with Crippen molar-refractivity contribution >= 4 is 6.09 Å². The Morgan fingerprint density at radius 2 is 2.05 bits per heavy atom. The van der Waals surface area contributed by atoms with Crippen LogP contribution in [0.15, 0.2) is 28.9 Å². The molecule has 0 fully saturated rings. The zero-order chi connectivity index (χ0) is 15.0. The summed E-state index contributed by atoms with van der Waals surface area (Å²) in [6.45, 7) is 9.39. The standard InChI is InChI=1S/C15H24N2O3/c1-12-7-10-19-13(12)11-16-8-5-6-9-17-14(18)20-15(2,3)4/h5-7,10,16H,8-9,11H2,1-4H3,(H,17,18)/b6-5+. The van der Waals surface area contributed by atoms with Gasteiger partial charge in [-0.15, -0.1) is 0 Å². The molecular formula is C15H24N2O3. The maximum absolute atomic E-state index is 11.3. The molecule has 0 atom stereocenters. The second-order valence-electron chi connectivity index (χ2n) is 5.51. The van der Waals surface area contributed by atoms with Crippen molar-refractivity contribution in [3.05, 3.63) is 35.8 Å². The maximum Gasteiger partial charge on any atom is 0.407 e. The van der Waals surface area contributed by atoms with Gasteiger partial charge in [0.05, 0.1) is 12.8 Å². The van der Waals surface area contributed by atoms with Gasteiger partial charge in [0.15, 0.2) is 0 Å². The van der Waals surface area contributed by atoms with Crippen LogP contribution < -0.4 is 10.6 Å². The van der Waals surface area contributed by atoms with Crippen LogP contribution in [0.4, 0.5) is 4.79 Å². The average molecular weight is 280 g/mol. The van der Waals surface area contributed by atoms with Gasteiger partial charge in [0, 0.05) is 13.1 Å². The molecule has 0 aliphatic carbocycles. The highest BCUT2D eigenvalue weighted by molar-refractivity contribution is 5.67. The number of alkyl carbamates (subject to hydrolysis) is 1. The Morgan fingerprint density at radius 3 is 2.65 bits per heavy atom. The number of hydrogen-bond donors (Lipinski definition) is 2. The van der Waals surface area contributed by atoms with Gasteiger partial charge in [-0.1, -0.05) is 12.2 Å². The van der Waals surface area contributed by atoms with Crippen molar-refractivity contribution < 1.29 is 13.9 Å². The summed E-state index contributed by atoms with van der Waals surface area (Å²) in [5, 5.41) is 5.89. The summed E-state index contributed by atoms with van der Waals surface area (Å²) in [6.07, 6.45) is 5.12. The van der Waals surface area contributed by atoms with Crippen molar-refractivity contribution in [3.8, 4) is 0 Å². The van der Waals surface area contributed by atoms with E-state index in [1.807, 2.05) is 45.9 Å². The molecule has 1 heterocycles. The highest BCUT2D eigenvalue weighted by Gasteiger charge is 2.14. The Bertz CT molecular complexity index is 444. The lowest BCUT2D eigenvalue weighted by molar-refractivity contribution is 0.0534. The third kappa shape index (κ3) is 6.99. The van der Waals surface area contributed by atoms with Gasteiger partial charge in [0.1, 0.15) is 11.4 Å². The molecule has 5 heteroatoms. The first-order chi connectivity index (χ1) is 9.38. The monoisotopic (exact) mass is 280 g/mol. The van der Waals surface area contributed by atoms with E-state index < -0.39 is 11.7 Å². The number of hydrogen-bond acceptors (Lipinski definition) is 4. The molecule has 1 aromatic heterocycles. The van der Waals surface area contributed by atoms with E-state index in [4.69, 9.17) is 9.15 Å². The van der Waals surface area contributed by atoms with Crippen LogP contribution in [0.25, 0.3) is 0 Å². The van der Waals surface area contributed by atoms with E-state index in [-0.39, 0.29) is 0 Å². The molecule has 1 rings (SSSR count). The lowest BCUT2D eigenvalue weighted by Gasteiger charge is -2.19. The predicted octanol–water partition coefficient (Wildman–Crippen LogP) is 2.76. The first-order valence-corrected chi connectivity index (χ1v) is 6.74. The topological polar surface area (TPSA) is 63.5 Å². The Labute approximate surface area is 120 Å². The average Bonchev–Trinajstić information content (AvgIpc) is 2.71. The molecular weight excluding hydrogens is 256 g/mol. The molecule has 0 aromatic carbocycles. The zero-order valence-corrected chi connectivity index (χ0v) is 12.7. The molecule has 1 aromatic rings. The minimum Gasteiger partial charge on any atom is -0.468 e. The van der Waals surface area contributed by atoms with Crippen molar-refractivity contribution in [3.63, 3.8) is 0 Å². The Morgan fingerprint density at radius 1 is 1.35 bits per heavy atom. The van der Waals surface area contributed by atoms with E-state index in [1.165, 1.54) is 0 Å². The van der Waals surface area contributed by atoms with Crippen LogP contribution in [0.3, 0.4) is 0 Å². The third-order valence-corrected chi connectivity index (χ3v) is 2.45. The molecule has 0 saturated carbocycles. The van der Waals surface area contributed by atoms with E-state index in [2.05, 4.69) is 10.6 Å². The maximum atomic E-state index is 11.3. The van der Waals surface area contributed by atoms with E-state index in [9.17, 15) is 4.79 Å². The summed E-state index contributed by atoms with van der Waals surface area (Å²) in [4.78, 5) is 11.3.